The van der Waals surface area contributed by atoms with Crippen LogP contribution in [-0.4, -0.2) is 22.5 Å². The van der Waals surface area contributed by atoms with Crippen molar-refractivity contribution in [2.75, 3.05) is 6.61 Å². The smallest absolute Gasteiger partial charge is 0.258 e. The molecule has 2 aromatic heterocycles. The Morgan fingerprint density at radius 2 is 2.08 bits per heavy atom. The minimum Gasteiger partial charge on any atom is -0.483 e. The van der Waals surface area contributed by atoms with Crippen molar-refractivity contribution in [1.82, 2.24) is 15.3 Å². The van der Waals surface area contributed by atoms with Crippen molar-refractivity contribution < 1.29 is 9.53 Å². The van der Waals surface area contributed by atoms with E-state index in [0.29, 0.717) is 6.54 Å². The van der Waals surface area contributed by atoms with Crippen LogP contribution in [0.15, 0.2) is 42.7 Å². The van der Waals surface area contributed by atoms with E-state index in [1.165, 1.54) is 6.42 Å². The van der Waals surface area contributed by atoms with Crippen molar-refractivity contribution in [2.45, 2.75) is 32.2 Å². The minimum atomic E-state index is -0.119. The predicted molar refractivity (Wildman–Crippen MR) is 96.5 cm³/mol. The van der Waals surface area contributed by atoms with Gasteiger partial charge in [0.2, 0.25) is 0 Å². The van der Waals surface area contributed by atoms with Crippen molar-refractivity contribution in [3.8, 4) is 5.75 Å². The van der Waals surface area contributed by atoms with Gasteiger partial charge in [0.15, 0.2) is 6.61 Å². The molecule has 5 nitrogen and oxygen atoms in total. The van der Waals surface area contributed by atoms with E-state index in [2.05, 4.69) is 15.3 Å². The fourth-order valence-corrected chi connectivity index (χ4v) is 3.39. The number of amides is 1. The van der Waals surface area contributed by atoms with Crippen LogP contribution in [-0.2, 0) is 24.2 Å². The number of hydrogen-bond acceptors (Lipinski definition) is 3. The topological polar surface area (TPSA) is 67.0 Å². The molecule has 128 valence electrons. The van der Waals surface area contributed by atoms with Gasteiger partial charge in [-0.15, -0.1) is 0 Å². The van der Waals surface area contributed by atoms with Crippen molar-refractivity contribution >= 4 is 16.8 Å². The monoisotopic (exact) mass is 335 g/mol. The van der Waals surface area contributed by atoms with Gasteiger partial charge in [0.25, 0.3) is 5.91 Å². The zero-order chi connectivity index (χ0) is 17.1. The second-order valence-corrected chi connectivity index (χ2v) is 6.37. The largest absolute Gasteiger partial charge is 0.483 e. The number of para-hydroxylation sites is 1. The lowest BCUT2D eigenvalue weighted by Crippen LogP contribution is -2.28. The molecule has 0 atom stereocenters. The SMILES string of the molecule is O=C(COc1ccnc2c1CCCC2)NCc1c[nH]c2ccccc12. The number of aromatic amines is 1. The number of aromatic nitrogens is 2. The maximum absolute atomic E-state index is 12.2. The number of carbonyl (C=O) groups excluding carboxylic acids is 1. The minimum absolute atomic E-state index is 0.0266. The Hall–Kier alpha value is -2.82. The predicted octanol–water partition coefficient (Wildman–Crippen LogP) is 3.14. The average molecular weight is 335 g/mol. The van der Waals surface area contributed by atoms with E-state index < -0.39 is 0 Å². The molecule has 0 unspecified atom stereocenters. The summed E-state index contributed by atoms with van der Waals surface area (Å²) in [7, 11) is 0. The number of benzene rings is 1. The molecule has 2 N–H and O–H groups in total. The van der Waals surface area contributed by atoms with Crippen molar-refractivity contribution in [3.05, 3.63) is 59.5 Å². The Balaban J connectivity index is 1.35. The first-order valence-electron chi connectivity index (χ1n) is 8.72. The maximum Gasteiger partial charge on any atom is 0.258 e. The van der Waals surface area contributed by atoms with E-state index in [1.54, 1.807) is 6.20 Å². The molecule has 0 saturated heterocycles. The lowest BCUT2D eigenvalue weighted by molar-refractivity contribution is -0.123. The lowest BCUT2D eigenvalue weighted by atomic mass is 9.95. The molecular formula is C20H21N3O2. The van der Waals surface area contributed by atoms with Crippen LogP contribution in [0.4, 0.5) is 0 Å². The highest BCUT2D eigenvalue weighted by Crippen LogP contribution is 2.27. The second kappa shape index (κ2) is 6.97. The van der Waals surface area contributed by atoms with Crippen LogP contribution in [0.5, 0.6) is 5.75 Å². The molecule has 25 heavy (non-hydrogen) atoms. The zero-order valence-electron chi connectivity index (χ0n) is 14.0. The van der Waals surface area contributed by atoms with Crippen LogP contribution >= 0.6 is 0 Å². The molecule has 3 aromatic rings. The van der Waals surface area contributed by atoms with Crippen LogP contribution in [0.25, 0.3) is 10.9 Å². The number of aryl methyl sites for hydroxylation is 1. The quantitative estimate of drug-likeness (QED) is 0.753. The Labute approximate surface area is 146 Å². The fraction of sp³-hybridized carbons (Fsp3) is 0.300. The Morgan fingerprint density at radius 1 is 1.20 bits per heavy atom. The van der Waals surface area contributed by atoms with Gasteiger partial charge < -0.3 is 15.0 Å². The van der Waals surface area contributed by atoms with Gasteiger partial charge in [-0.3, -0.25) is 9.78 Å². The van der Waals surface area contributed by atoms with Gasteiger partial charge in [0.1, 0.15) is 5.75 Å². The molecule has 4 rings (SSSR count). The molecule has 1 aliphatic carbocycles. The normalized spacial score (nSPS) is 13.4. The van der Waals surface area contributed by atoms with E-state index in [4.69, 9.17) is 4.74 Å². The van der Waals surface area contributed by atoms with Crippen LogP contribution in [0.1, 0.15) is 29.7 Å². The highest BCUT2D eigenvalue weighted by molar-refractivity contribution is 5.84. The molecule has 0 spiro atoms. The summed E-state index contributed by atoms with van der Waals surface area (Å²) in [5, 5.41) is 4.06. The second-order valence-electron chi connectivity index (χ2n) is 6.37. The number of fused-ring (bicyclic) bond motifs is 2. The van der Waals surface area contributed by atoms with Gasteiger partial charge in [-0.1, -0.05) is 18.2 Å². The zero-order valence-corrected chi connectivity index (χ0v) is 14.0. The summed E-state index contributed by atoms with van der Waals surface area (Å²) >= 11 is 0. The van der Waals surface area contributed by atoms with Crippen LogP contribution in [0.2, 0.25) is 0 Å². The Morgan fingerprint density at radius 3 is 3.04 bits per heavy atom. The highest BCUT2D eigenvalue weighted by Gasteiger charge is 2.16. The average Bonchev–Trinajstić information content (AvgIpc) is 3.08. The third-order valence-electron chi connectivity index (χ3n) is 4.70. The molecule has 0 aliphatic heterocycles. The number of nitrogens with one attached hydrogen (secondary N) is 2. The Kier molecular flexibility index (Phi) is 4.37. The van der Waals surface area contributed by atoms with Crippen LogP contribution in [0, 0.1) is 0 Å². The first kappa shape index (κ1) is 15.7. The van der Waals surface area contributed by atoms with E-state index in [-0.39, 0.29) is 12.5 Å². The summed E-state index contributed by atoms with van der Waals surface area (Å²) < 4.78 is 5.76. The van der Waals surface area contributed by atoms with Gasteiger partial charge >= 0.3 is 0 Å². The van der Waals surface area contributed by atoms with E-state index in [9.17, 15) is 4.79 Å². The van der Waals surface area contributed by atoms with E-state index in [1.807, 2.05) is 36.5 Å². The third-order valence-corrected chi connectivity index (χ3v) is 4.70. The number of ether oxygens (including phenoxy) is 1. The van der Waals surface area contributed by atoms with Crippen molar-refractivity contribution in [2.24, 2.45) is 0 Å². The fourth-order valence-electron chi connectivity index (χ4n) is 3.39. The summed E-state index contributed by atoms with van der Waals surface area (Å²) in [6.45, 7) is 0.513. The number of nitrogens with zero attached hydrogens (tertiary/aromatic N) is 1. The maximum atomic E-state index is 12.2. The van der Waals surface area contributed by atoms with Gasteiger partial charge in [0.05, 0.1) is 0 Å². The molecule has 1 amide bonds. The number of carbonyl (C=O) groups is 1. The molecule has 0 bridgehead atoms. The number of hydrogen-bond donors (Lipinski definition) is 2. The molecule has 2 heterocycles. The summed E-state index contributed by atoms with van der Waals surface area (Å²) in [5.41, 5.74) is 4.43. The van der Waals surface area contributed by atoms with E-state index in [0.717, 1.165) is 52.7 Å². The van der Waals surface area contributed by atoms with Gasteiger partial charge in [-0.2, -0.15) is 0 Å². The van der Waals surface area contributed by atoms with Crippen LogP contribution < -0.4 is 10.1 Å². The highest BCUT2D eigenvalue weighted by atomic mass is 16.5. The molecule has 0 saturated carbocycles. The molecule has 5 heteroatoms. The summed E-state index contributed by atoms with van der Waals surface area (Å²) in [4.78, 5) is 19.8. The Bertz CT molecular complexity index is 901. The van der Waals surface area contributed by atoms with Crippen molar-refractivity contribution in [1.29, 1.82) is 0 Å². The molecule has 0 fully saturated rings. The molecule has 1 aliphatic rings. The molecule has 1 aromatic carbocycles. The molecular weight excluding hydrogens is 314 g/mol. The van der Waals surface area contributed by atoms with E-state index >= 15 is 0 Å². The lowest BCUT2D eigenvalue weighted by Gasteiger charge is -2.18. The summed E-state index contributed by atoms with van der Waals surface area (Å²) in [6, 6.07) is 9.92. The van der Waals surface area contributed by atoms with Gasteiger partial charge in [0, 0.05) is 41.1 Å². The third kappa shape index (κ3) is 3.36. The van der Waals surface area contributed by atoms with Crippen molar-refractivity contribution in [3.63, 3.8) is 0 Å². The standard InChI is InChI=1S/C20H21N3O2/c24-20(23-12-14-11-22-17-7-3-1-5-15(14)17)13-25-19-9-10-21-18-8-4-2-6-16(18)19/h1,3,5,7,9-11,22H,2,4,6,8,12-13H2,(H,23,24). The summed E-state index contributed by atoms with van der Waals surface area (Å²) in [5.74, 6) is 0.679. The van der Waals surface area contributed by atoms with Crippen LogP contribution in [0.3, 0.4) is 0 Å². The summed E-state index contributed by atoms with van der Waals surface area (Å²) in [6.07, 6.45) is 8.01. The number of H-pyrrole nitrogens is 1. The first-order valence-corrected chi connectivity index (χ1v) is 8.72. The van der Waals surface area contributed by atoms with Gasteiger partial charge in [-0.05, 0) is 43.4 Å². The number of pyridine rings is 1. The number of rotatable bonds is 5. The molecule has 0 radical (unpaired) electrons. The van der Waals surface area contributed by atoms with Gasteiger partial charge in [-0.25, -0.2) is 0 Å². The first-order chi connectivity index (χ1) is 12.3.